The molecule has 0 aliphatic carbocycles. The Kier molecular flexibility index (Phi) is 5.88. The zero-order valence-electron chi connectivity index (χ0n) is 17.2. The molecule has 0 amide bonds. The maximum absolute atomic E-state index is 14.5. The Bertz CT molecular complexity index is 1090. The van der Waals surface area contributed by atoms with Crippen LogP contribution in [0.25, 0.3) is 22.2 Å². The molecule has 1 aliphatic rings. The summed E-state index contributed by atoms with van der Waals surface area (Å²) in [6.45, 7) is 1.18. The van der Waals surface area contributed by atoms with Gasteiger partial charge in [0, 0.05) is 56.8 Å². The molecular formula is C22H24FN3O5. The number of rotatable bonds is 7. The largest absolute Gasteiger partial charge is 0.479 e. The van der Waals surface area contributed by atoms with Crippen molar-refractivity contribution in [2.24, 2.45) is 0 Å². The number of aromatic nitrogens is 2. The van der Waals surface area contributed by atoms with Crippen LogP contribution in [0.5, 0.6) is 0 Å². The van der Waals surface area contributed by atoms with Gasteiger partial charge >= 0.3 is 5.97 Å². The van der Waals surface area contributed by atoms with E-state index in [4.69, 9.17) is 14.1 Å². The predicted molar refractivity (Wildman–Crippen MR) is 111 cm³/mol. The van der Waals surface area contributed by atoms with Crippen LogP contribution < -0.4 is 4.90 Å². The summed E-state index contributed by atoms with van der Waals surface area (Å²) in [6.07, 6.45) is 4.66. The molecule has 0 bridgehead atoms. The maximum atomic E-state index is 14.5. The topological polar surface area (TPSA) is 109 Å². The van der Waals surface area contributed by atoms with Gasteiger partial charge in [0.15, 0.2) is 22.8 Å². The van der Waals surface area contributed by atoms with Crippen molar-refractivity contribution in [2.75, 3.05) is 31.7 Å². The standard InChI is InChI=1S/C22H24FN3O5/c1-30-9-2-3-16-13-24-18(15-11-14-4-10-31-19(14)17(23)12-15)20(25-16)26-7-5-22(29,6-8-26)21(27)28/h4,10-13,29H,2-3,5-9H2,1H3,(H,27,28). The molecule has 1 saturated heterocycles. The quantitative estimate of drug-likeness (QED) is 0.552. The molecule has 8 nitrogen and oxygen atoms in total. The SMILES string of the molecule is COCCCc1cnc(-c2cc(F)c3occc3c2)c(N2CCC(O)(C(=O)O)CC2)n1. The molecule has 0 atom stereocenters. The molecule has 2 N–H and O–H groups in total. The first-order chi connectivity index (χ1) is 14.9. The minimum atomic E-state index is -1.75. The van der Waals surface area contributed by atoms with Crippen molar-refractivity contribution in [3.63, 3.8) is 0 Å². The number of hydrogen-bond acceptors (Lipinski definition) is 7. The second kappa shape index (κ2) is 8.60. The molecule has 0 spiro atoms. The molecule has 2 aromatic heterocycles. The fourth-order valence-electron chi connectivity index (χ4n) is 3.83. The summed E-state index contributed by atoms with van der Waals surface area (Å²) in [4.78, 5) is 22.6. The van der Waals surface area contributed by atoms with Crippen molar-refractivity contribution in [1.29, 1.82) is 0 Å². The molecule has 1 aliphatic heterocycles. The Hall–Kier alpha value is -3.04. The molecular weight excluding hydrogens is 405 g/mol. The summed E-state index contributed by atoms with van der Waals surface area (Å²) in [5.74, 6) is -1.17. The van der Waals surface area contributed by atoms with Crippen molar-refractivity contribution >= 4 is 22.8 Å². The third kappa shape index (κ3) is 4.24. The van der Waals surface area contributed by atoms with Crippen LogP contribution in [0, 0.1) is 5.82 Å². The Morgan fingerprint density at radius 2 is 2.13 bits per heavy atom. The lowest BCUT2D eigenvalue weighted by Gasteiger charge is -2.36. The summed E-state index contributed by atoms with van der Waals surface area (Å²) >= 11 is 0. The van der Waals surface area contributed by atoms with Gasteiger partial charge in [0.05, 0.1) is 12.0 Å². The van der Waals surface area contributed by atoms with E-state index in [0.717, 1.165) is 12.1 Å². The fourth-order valence-corrected chi connectivity index (χ4v) is 3.83. The van der Waals surface area contributed by atoms with Crippen molar-refractivity contribution in [2.45, 2.75) is 31.3 Å². The zero-order chi connectivity index (χ0) is 22.0. The number of ether oxygens (including phenoxy) is 1. The lowest BCUT2D eigenvalue weighted by Crippen LogP contribution is -2.49. The normalized spacial score (nSPS) is 16.0. The number of methoxy groups -OCH3 is 1. The highest BCUT2D eigenvalue weighted by Gasteiger charge is 2.40. The van der Waals surface area contributed by atoms with Gasteiger partial charge in [-0.1, -0.05) is 0 Å². The highest BCUT2D eigenvalue weighted by atomic mass is 19.1. The first-order valence-electron chi connectivity index (χ1n) is 10.1. The number of nitrogens with zero attached hydrogens (tertiary/aromatic N) is 3. The second-order valence-electron chi connectivity index (χ2n) is 7.75. The van der Waals surface area contributed by atoms with E-state index in [9.17, 15) is 19.4 Å². The molecule has 4 rings (SSSR count). The average Bonchev–Trinajstić information content (AvgIpc) is 3.24. The number of hydrogen-bond donors (Lipinski definition) is 2. The van der Waals surface area contributed by atoms with E-state index in [-0.39, 0.29) is 18.4 Å². The second-order valence-corrected chi connectivity index (χ2v) is 7.75. The number of furan rings is 1. The van der Waals surface area contributed by atoms with Crippen molar-refractivity contribution in [3.05, 3.63) is 42.2 Å². The van der Waals surface area contributed by atoms with Crippen LogP contribution in [0.3, 0.4) is 0 Å². The van der Waals surface area contributed by atoms with Gasteiger partial charge < -0.3 is 24.3 Å². The lowest BCUT2D eigenvalue weighted by atomic mass is 9.91. The Morgan fingerprint density at radius 3 is 2.84 bits per heavy atom. The van der Waals surface area contributed by atoms with Gasteiger partial charge in [-0.3, -0.25) is 4.98 Å². The average molecular weight is 429 g/mol. The molecule has 0 unspecified atom stereocenters. The number of piperidine rings is 1. The van der Waals surface area contributed by atoms with Crippen molar-refractivity contribution in [3.8, 4) is 11.3 Å². The molecule has 9 heteroatoms. The smallest absolute Gasteiger partial charge is 0.335 e. The number of carbonyl (C=O) groups is 1. The van der Waals surface area contributed by atoms with Gasteiger partial charge in [0.1, 0.15) is 5.69 Å². The van der Waals surface area contributed by atoms with Crippen LogP contribution in [-0.2, 0) is 16.0 Å². The van der Waals surface area contributed by atoms with Gasteiger partial charge in [-0.15, -0.1) is 0 Å². The number of carboxylic acid groups (broad SMARTS) is 1. The number of carboxylic acids is 1. The number of benzene rings is 1. The van der Waals surface area contributed by atoms with Crippen LogP contribution >= 0.6 is 0 Å². The number of aryl methyl sites for hydroxylation is 1. The van der Waals surface area contributed by atoms with E-state index >= 15 is 0 Å². The van der Waals surface area contributed by atoms with Crippen molar-refractivity contribution in [1.82, 2.24) is 9.97 Å². The summed E-state index contributed by atoms with van der Waals surface area (Å²) < 4.78 is 24.8. The Labute approximate surface area is 178 Å². The molecule has 164 valence electrons. The van der Waals surface area contributed by atoms with Gasteiger partial charge in [0.2, 0.25) is 0 Å². The first kappa shape index (κ1) is 21.2. The highest BCUT2D eigenvalue weighted by Crippen LogP contribution is 2.34. The first-order valence-corrected chi connectivity index (χ1v) is 10.1. The predicted octanol–water partition coefficient (Wildman–Crippen LogP) is 3.02. The van der Waals surface area contributed by atoms with Gasteiger partial charge in [-0.2, -0.15) is 0 Å². The summed E-state index contributed by atoms with van der Waals surface area (Å²) in [5, 5.41) is 20.2. The number of halogens is 1. The van der Waals surface area contributed by atoms with Crippen LogP contribution in [-0.4, -0.2) is 58.6 Å². The summed E-state index contributed by atoms with van der Waals surface area (Å²) in [5.41, 5.74) is 0.246. The van der Waals surface area contributed by atoms with Gasteiger partial charge in [-0.25, -0.2) is 14.2 Å². The summed E-state index contributed by atoms with van der Waals surface area (Å²) in [7, 11) is 1.64. The van der Waals surface area contributed by atoms with E-state index in [1.807, 2.05) is 4.90 Å². The molecule has 0 saturated carbocycles. The highest BCUT2D eigenvalue weighted by molar-refractivity contribution is 5.86. The number of aliphatic hydroxyl groups is 1. The third-order valence-electron chi connectivity index (χ3n) is 5.65. The number of anilines is 1. The molecule has 1 fully saturated rings. The van der Waals surface area contributed by atoms with Crippen LogP contribution in [0.1, 0.15) is 25.0 Å². The van der Waals surface area contributed by atoms with Crippen LogP contribution in [0.15, 0.2) is 35.1 Å². The summed E-state index contributed by atoms with van der Waals surface area (Å²) in [6, 6.07) is 4.83. The minimum absolute atomic E-state index is 0.0620. The van der Waals surface area contributed by atoms with Crippen LogP contribution in [0.2, 0.25) is 0 Å². The fraction of sp³-hybridized carbons (Fsp3) is 0.409. The van der Waals surface area contributed by atoms with E-state index in [0.29, 0.717) is 48.6 Å². The Morgan fingerprint density at radius 1 is 1.35 bits per heavy atom. The molecule has 31 heavy (non-hydrogen) atoms. The monoisotopic (exact) mass is 429 g/mol. The van der Waals surface area contributed by atoms with E-state index < -0.39 is 17.4 Å². The zero-order valence-corrected chi connectivity index (χ0v) is 17.2. The molecule has 3 aromatic rings. The minimum Gasteiger partial charge on any atom is -0.479 e. The number of fused-ring (bicyclic) bond motifs is 1. The van der Waals surface area contributed by atoms with Gasteiger partial charge in [0.25, 0.3) is 0 Å². The molecule has 3 heterocycles. The number of aliphatic carboxylic acids is 1. The van der Waals surface area contributed by atoms with Crippen molar-refractivity contribution < 1.29 is 28.6 Å². The molecule has 0 radical (unpaired) electrons. The van der Waals surface area contributed by atoms with E-state index in [2.05, 4.69) is 4.98 Å². The molecule has 1 aromatic carbocycles. The maximum Gasteiger partial charge on any atom is 0.335 e. The van der Waals surface area contributed by atoms with Gasteiger partial charge in [-0.05, 0) is 31.0 Å². The van der Waals surface area contributed by atoms with Crippen LogP contribution in [0.4, 0.5) is 10.2 Å². The Balaban J connectivity index is 1.71. The third-order valence-corrected chi connectivity index (χ3v) is 5.65. The van der Waals surface area contributed by atoms with E-state index in [1.54, 1.807) is 25.4 Å². The van der Waals surface area contributed by atoms with E-state index in [1.165, 1.54) is 12.3 Å². The lowest BCUT2D eigenvalue weighted by molar-refractivity contribution is -0.160.